The van der Waals surface area contributed by atoms with Gasteiger partial charge >= 0.3 is 0 Å². The van der Waals surface area contributed by atoms with Crippen molar-refractivity contribution in [2.45, 2.75) is 32.3 Å². The smallest absolute Gasteiger partial charge is 0.214 e. The molecule has 0 saturated carbocycles. The van der Waals surface area contributed by atoms with Crippen LogP contribution in [0.3, 0.4) is 0 Å². The third-order valence-electron chi connectivity index (χ3n) is 4.38. The number of halogens is 1. The Labute approximate surface area is 159 Å². The predicted octanol–water partition coefficient (Wildman–Crippen LogP) is 4.43. The molecule has 1 unspecified atom stereocenters. The lowest BCUT2D eigenvalue weighted by Gasteiger charge is -2.32. The van der Waals surface area contributed by atoms with Crippen molar-refractivity contribution in [2.24, 2.45) is 0 Å². The van der Waals surface area contributed by atoms with Crippen LogP contribution in [-0.2, 0) is 10.2 Å². The Morgan fingerprint density at radius 2 is 2.00 bits per heavy atom. The zero-order valence-corrected chi connectivity index (χ0v) is 17.0. The van der Waals surface area contributed by atoms with E-state index in [1.807, 2.05) is 10.7 Å². The van der Waals surface area contributed by atoms with Crippen LogP contribution in [0.5, 0.6) is 0 Å². The number of hydrogen-bond acceptors (Lipinski definition) is 5. The number of anilines is 1. The SMILES string of the molecule is CC(C)(C)c1cn2nc(N3CCOC(c4ccc(Br)cc4)C3)sc2n1. The maximum atomic E-state index is 5.97. The average molecular weight is 421 g/mol. The summed E-state index contributed by atoms with van der Waals surface area (Å²) in [5.74, 6) is 0. The number of imidazole rings is 1. The molecule has 0 amide bonds. The number of fused-ring (bicyclic) bond motifs is 1. The van der Waals surface area contributed by atoms with Gasteiger partial charge in [0.15, 0.2) is 0 Å². The maximum Gasteiger partial charge on any atom is 0.214 e. The summed E-state index contributed by atoms with van der Waals surface area (Å²) in [6, 6.07) is 8.34. The average Bonchev–Trinajstić information content (AvgIpc) is 3.14. The van der Waals surface area contributed by atoms with E-state index in [0.29, 0.717) is 6.61 Å². The Morgan fingerprint density at radius 3 is 2.68 bits per heavy atom. The number of nitrogens with zero attached hydrogens (tertiary/aromatic N) is 4. The minimum Gasteiger partial charge on any atom is -0.370 e. The van der Waals surface area contributed by atoms with Crippen LogP contribution in [0, 0.1) is 0 Å². The Hall–Kier alpha value is -1.44. The van der Waals surface area contributed by atoms with Gasteiger partial charge in [-0.15, -0.1) is 5.10 Å². The number of ether oxygens (including phenoxy) is 1. The minimum atomic E-state index is 0.0409. The van der Waals surface area contributed by atoms with Gasteiger partial charge in [0.2, 0.25) is 10.1 Å². The highest BCUT2D eigenvalue weighted by atomic mass is 79.9. The van der Waals surface area contributed by atoms with Crippen LogP contribution in [0.25, 0.3) is 4.96 Å². The predicted molar refractivity (Wildman–Crippen MR) is 105 cm³/mol. The summed E-state index contributed by atoms with van der Waals surface area (Å²) in [5.41, 5.74) is 2.32. The molecule has 2 aromatic heterocycles. The molecule has 25 heavy (non-hydrogen) atoms. The molecule has 0 aliphatic carbocycles. The first-order valence-electron chi connectivity index (χ1n) is 8.39. The molecule has 1 aliphatic rings. The largest absolute Gasteiger partial charge is 0.370 e. The number of hydrogen-bond donors (Lipinski definition) is 0. The van der Waals surface area contributed by atoms with Crippen LogP contribution < -0.4 is 4.90 Å². The second kappa shape index (κ2) is 6.37. The molecule has 0 spiro atoms. The van der Waals surface area contributed by atoms with Crippen LogP contribution in [0.4, 0.5) is 5.13 Å². The van der Waals surface area contributed by atoms with Crippen LogP contribution in [-0.4, -0.2) is 34.3 Å². The van der Waals surface area contributed by atoms with Gasteiger partial charge in [-0.2, -0.15) is 0 Å². The zero-order valence-electron chi connectivity index (χ0n) is 14.6. The fourth-order valence-corrected chi connectivity index (χ4v) is 4.06. The third kappa shape index (κ3) is 3.45. The Kier molecular flexibility index (Phi) is 4.33. The highest BCUT2D eigenvalue weighted by molar-refractivity contribution is 9.10. The molecule has 3 aromatic rings. The lowest BCUT2D eigenvalue weighted by Crippen LogP contribution is -2.38. The van der Waals surface area contributed by atoms with E-state index in [9.17, 15) is 0 Å². The van der Waals surface area contributed by atoms with Crippen molar-refractivity contribution in [3.05, 3.63) is 46.2 Å². The molecular formula is C18H21BrN4OS. The van der Waals surface area contributed by atoms with Crippen molar-refractivity contribution >= 4 is 37.4 Å². The van der Waals surface area contributed by atoms with Gasteiger partial charge in [0.25, 0.3) is 0 Å². The summed E-state index contributed by atoms with van der Waals surface area (Å²) in [7, 11) is 0. The summed E-state index contributed by atoms with van der Waals surface area (Å²) in [6.07, 6.45) is 2.12. The summed E-state index contributed by atoms with van der Waals surface area (Å²) in [4.78, 5) is 7.99. The van der Waals surface area contributed by atoms with Gasteiger partial charge < -0.3 is 9.64 Å². The Morgan fingerprint density at radius 1 is 1.24 bits per heavy atom. The van der Waals surface area contributed by atoms with Crippen molar-refractivity contribution in [3.8, 4) is 0 Å². The molecule has 0 N–H and O–H groups in total. The summed E-state index contributed by atoms with van der Waals surface area (Å²) >= 11 is 5.13. The topological polar surface area (TPSA) is 42.7 Å². The Balaban J connectivity index is 1.55. The van der Waals surface area contributed by atoms with E-state index in [-0.39, 0.29) is 11.5 Å². The molecule has 132 valence electrons. The van der Waals surface area contributed by atoms with Gasteiger partial charge in [-0.1, -0.05) is 60.2 Å². The van der Waals surface area contributed by atoms with Gasteiger partial charge in [0.1, 0.15) is 6.10 Å². The first-order valence-corrected chi connectivity index (χ1v) is 10.00. The van der Waals surface area contributed by atoms with Crippen LogP contribution in [0.2, 0.25) is 0 Å². The molecule has 0 bridgehead atoms. The highest BCUT2D eigenvalue weighted by Crippen LogP contribution is 2.31. The molecule has 7 heteroatoms. The van der Waals surface area contributed by atoms with Crippen LogP contribution in [0.15, 0.2) is 34.9 Å². The summed E-state index contributed by atoms with van der Waals surface area (Å²) in [6.45, 7) is 8.89. The third-order valence-corrected chi connectivity index (χ3v) is 5.89. The molecule has 1 saturated heterocycles. The van der Waals surface area contributed by atoms with Crippen molar-refractivity contribution in [1.29, 1.82) is 0 Å². The maximum absolute atomic E-state index is 5.97. The second-order valence-corrected chi connectivity index (χ2v) is 9.20. The molecular weight excluding hydrogens is 400 g/mol. The molecule has 0 radical (unpaired) electrons. The number of rotatable bonds is 2. The van der Waals surface area contributed by atoms with E-state index in [2.05, 4.69) is 65.9 Å². The minimum absolute atomic E-state index is 0.0409. The van der Waals surface area contributed by atoms with Gasteiger partial charge in [-0.05, 0) is 17.7 Å². The quantitative estimate of drug-likeness (QED) is 0.614. The van der Waals surface area contributed by atoms with Crippen molar-refractivity contribution in [1.82, 2.24) is 14.6 Å². The van der Waals surface area contributed by atoms with Gasteiger partial charge in [0.05, 0.1) is 25.0 Å². The van der Waals surface area contributed by atoms with Gasteiger partial charge in [-0.3, -0.25) is 0 Å². The van der Waals surface area contributed by atoms with E-state index >= 15 is 0 Å². The Bertz CT molecular complexity index is 849. The molecule has 3 heterocycles. The lowest BCUT2D eigenvalue weighted by molar-refractivity contribution is 0.0397. The molecule has 4 rings (SSSR count). The molecule has 1 atom stereocenters. The van der Waals surface area contributed by atoms with E-state index in [1.165, 1.54) is 5.56 Å². The second-order valence-electron chi connectivity index (χ2n) is 7.34. The fraction of sp³-hybridized carbons (Fsp3) is 0.444. The fourth-order valence-electron chi connectivity index (χ4n) is 2.88. The van der Waals surface area contributed by atoms with Crippen molar-refractivity contribution in [3.63, 3.8) is 0 Å². The first-order chi connectivity index (χ1) is 11.9. The van der Waals surface area contributed by atoms with Crippen molar-refractivity contribution in [2.75, 3.05) is 24.6 Å². The summed E-state index contributed by atoms with van der Waals surface area (Å²) in [5, 5.41) is 5.76. The number of aromatic nitrogens is 3. The van der Waals surface area contributed by atoms with Crippen LogP contribution >= 0.6 is 27.3 Å². The van der Waals surface area contributed by atoms with Gasteiger partial charge in [0, 0.05) is 16.4 Å². The number of benzene rings is 1. The van der Waals surface area contributed by atoms with Crippen molar-refractivity contribution < 1.29 is 4.74 Å². The highest BCUT2D eigenvalue weighted by Gasteiger charge is 2.26. The standard InChI is InChI=1S/C18H21BrN4OS/c1-18(2,3)15-11-23-16(20-15)25-17(21-23)22-8-9-24-14(10-22)12-4-6-13(19)7-5-12/h4-7,11,14H,8-10H2,1-3H3. The molecule has 5 nitrogen and oxygen atoms in total. The van der Waals surface area contributed by atoms with Gasteiger partial charge in [-0.25, -0.2) is 9.50 Å². The van der Waals surface area contributed by atoms with E-state index in [0.717, 1.165) is 33.3 Å². The zero-order chi connectivity index (χ0) is 17.6. The molecule has 1 fully saturated rings. The van der Waals surface area contributed by atoms with E-state index in [4.69, 9.17) is 14.8 Å². The molecule has 1 aliphatic heterocycles. The number of morpholine rings is 1. The van der Waals surface area contributed by atoms with E-state index in [1.54, 1.807) is 11.3 Å². The lowest BCUT2D eigenvalue weighted by atomic mass is 9.93. The monoisotopic (exact) mass is 420 g/mol. The van der Waals surface area contributed by atoms with Crippen LogP contribution in [0.1, 0.15) is 38.1 Å². The van der Waals surface area contributed by atoms with E-state index < -0.39 is 0 Å². The summed E-state index contributed by atoms with van der Waals surface area (Å²) < 4.78 is 8.96. The normalized spacial score (nSPS) is 18.9. The first kappa shape index (κ1) is 17.0. The molecule has 1 aromatic carbocycles.